The first-order valence-corrected chi connectivity index (χ1v) is 5.90. The van der Waals surface area contributed by atoms with Crippen molar-refractivity contribution in [1.82, 2.24) is 4.31 Å². The third kappa shape index (κ3) is 2.32. The van der Waals surface area contributed by atoms with Crippen molar-refractivity contribution in [3.8, 4) is 0 Å². The lowest BCUT2D eigenvalue weighted by molar-refractivity contribution is -0.120. The van der Waals surface area contributed by atoms with Crippen LogP contribution in [0.5, 0.6) is 0 Å². The van der Waals surface area contributed by atoms with Crippen molar-refractivity contribution >= 4 is 17.9 Å². The number of carbonyl (C=O) groups excluding carboxylic acids is 1. The molecule has 1 heterocycles. The van der Waals surface area contributed by atoms with Crippen LogP contribution in [-0.2, 0) is 4.79 Å². The maximum Gasteiger partial charge on any atom is 0.265 e. The fourth-order valence-electron chi connectivity index (χ4n) is 1.28. The number of carbonyl (C=O) groups is 1. The highest BCUT2D eigenvalue weighted by Crippen LogP contribution is 2.22. The van der Waals surface area contributed by atoms with Crippen molar-refractivity contribution in [2.24, 2.45) is 5.73 Å². The molecule has 0 saturated heterocycles. The quantitative estimate of drug-likeness (QED) is 0.721. The molecule has 2 N–H and O–H groups in total. The number of unbranched alkanes of at least 4 members (excludes halogenated alkanes) is 1. The van der Waals surface area contributed by atoms with Crippen LogP contribution in [0.15, 0.2) is 23.4 Å². The molecule has 0 bridgehead atoms. The Morgan fingerprint density at radius 3 is 2.86 bits per heavy atom. The van der Waals surface area contributed by atoms with Gasteiger partial charge in [-0.3, -0.25) is 9.10 Å². The van der Waals surface area contributed by atoms with Gasteiger partial charge in [0.15, 0.2) is 0 Å². The molecule has 1 aliphatic rings. The van der Waals surface area contributed by atoms with Crippen LogP contribution in [0.1, 0.15) is 19.8 Å². The predicted molar refractivity (Wildman–Crippen MR) is 60.5 cm³/mol. The Balaban J connectivity index is 2.68. The zero-order valence-corrected chi connectivity index (χ0v) is 9.43. The number of nitrogens with zero attached hydrogens (tertiary/aromatic N) is 1. The number of hydrogen-bond acceptors (Lipinski definition) is 3. The molecule has 3 nitrogen and oxygen atoms in total. The van der Waals surface area contributed by atoms with E-state index in [4.69, 9.17) is 5.73 Å². The molecule has 1 amide bonds. The molecule has 0 aromatic rings. The number of hydrogen-bond donors (Lipinski definition) is 1. The Morgan fingerprint density at radius 2 is 2.36 bits per heavy atom. The minimum absolute atomic E-state index is 0.0300. The highest BCUT2D eigenvalue weighted by Gasteiger charge is 2.26. The van der Waals surface area contributed by atoms with E-state index in [1.807, 2.05) is 18.4 Å². The summed E-state index contributed by atoms with van der Waals surface area (Å²) in [6.07, 6.45) is 7.80. The number of allylic oxidation sites excluding steroid dienone is 1. The first kappa shape index (κ1) is 11.2. The van der Waals surface area contributed by atoms with E-state index in [1.54, 1.807) is 4.31 Å². The molecule has 1 aliphatic heterocycles. The molecule has 78 valence electrons. The minimum atomic E-state index is 0.0300. The summed E-state index contributed by atoms with van der Waals surface area (Å²) in [5.74, 6) is 0.0300. The fraction of sp³-hybridized carbons (Fsp3) is 0.500. The molecular formula is C10H16N2OS. The monoisotopic (exact) mass is 212 g/mol. The van der Waals surface area contributed by atoms with Gasteiger partial charge in [-0.1, -0.05) is 37.4 Å². The van der Waals surface area contributed by atoms with Crippen LogP contribution in [-0.4, -0.2) is 23.0 Å². The Bertz CT molecular complexity index is 284. The van der Waals surface area contributed by atoms with Gasteiger partial charge >= 0.3 is 0 Å². The molecule has 4 heteroatoms. The van der Waals surface area contributed by atoms with Gasteiger partial charge in [-0.2, -0.15) is 0 Å². The van der Waals surface area contributed by atoms with Gasteiger partial charge in [0, 0.05) is 12.0 Å². The summed E-state index contributed by atoms with van der Waals surface area (Å²) in [4.78, 5) is 11.7. The van der Waals surface area contributed by atoms with E-state index in [2.05, 4.69) is 6.92 Å². The molecule has 14 heavy (non-hydrogen) atoms. The maximum absolute atomic E-state index is 11.7. The van der Waals surface area contributed by atoms with E-state index in [1.165, 1.54) is 11.9 Å². The Kier molecular flexibility index (Phi) is 4.07. The molecule has 0 atom stereocenters. The molecule has 0 saturated carbocycles. The number of rotatable bonds is 4. The van der Waals surface area contributed by atoms with Crippen molar-refractivity contribution in [3.63, 3.8) is 0 Å². The van der Waals surface area contributed by atoms with Crippen molar-refractivity contribution in [2.45, 2.75) is 19.8 Å². The highest BCUT2D eigenvalue weighted by molar-refractivity contribution is 7.96. The van der Waals surface area contributed by atoms with Crippen LogP contribution >= 0.6 is 11.9 Å². The van der Waals surface area contributed by atoms with E-state index >= 15 is 0 Å². The average molecular weight is 212 g/mol. The first-order valence-electron chi connectivity index (χ1n) is 4.71. The van der Waals surface area contributed by atoms with E-state index in [9.17, 15) is 4.79 Å². The molecule has 0 fully saturated rings. The van der Waals surface area contributed by atoms with Gasteiger partial charge in [-0.25, -0.2) is 0 Å². The standard InChI is InChI=1S/C10H16N2OS/c1-3-4-5-6-8-9(11)7-12(14-2)10(8)13/h5-6H,3-4,7,11H2,1-2H3/b6-5-. The van der Waals surface area contributed by atoms with Gasteiger partial charge in [0.25, 0.3) is 5.91 Å². The second-order valence-electron chi connectivity index (χ2n) is 3.15. The topological polar surface area (TPSA) is 46.3 Å². The number of amides is 1. The van der Waals surface area contributed by atoms with Crippen molar-refractivity contribution in [1.29, 1.82) is 0 Å². The SMILES string of the molecule is CCC/C=C\C1=C(N)CN(SC)C1=O. The molecule has 0 unspecified atom stereocenters. The van der Waals surface area contributed by atoms with Crippen molar-refractivity contribution < 1.29 is 4.79 Å². The van der Waals surface area contributed by atoms with E-state index in [-0.39, 0.29) is 5.91 Å². The molecule has 0 spiro atoms. The maximum atomic E-state index is 11.7. The number of nitrogens with two attached hydrogens (primary N) is 1. The van der Waals surface area contributed by atoms with Crippen LogP contribution in [0, 0.1) is 0 Å². The highest BCUT2D eigenvalue weighted by atomic mass is 32.2. The van der Waals surface area contributed by atoms with Crippen LogP contribution in [0.25, 0.3) is 0 Å². The summed E-state index contributed by atoms with van der Waals surface area (Å²) in [6.45, 7) is 2.65. The summed E-state index contributed by atoms with van der Waals surface area (Å²) in [5.41, 5.74) is 7.11. The smallest absolute Gasteiger partial charge is 0.265 e. The molecule has 0 aliphatic carbocycles. The lowest BCUT2D eigenvalue weighted by Crippen LogP contribution is -2.19. The molecule has 0 aromatic heterocycles. The second kappa shape index (κ2) is 5.10. The molecular weight excluding hydrogens is 196 g/mol. The van der Waals surface area contributed by atoms with Crippen LogP contribution < -0.4 is 5.73 Å². The van der Waals surface area contributed by atoms with Crippen molar-refractivity contribution in [3.05, 3.63) is 23.4 Å². The lowest BCUT2D eigenvalue weighted by Gasteiger charge is -2.10. The van der Waals surface area contributed by atoms with Crippen LogP contribution in [0.2, 0.25) is 0 Å². The first-order chi connectivity index (χ1) is 6.70. The van der Waals surface area contributed by atoms with Crippen LogP contribution in [0.3, 0.4) is 0 Å². The van der Waals surface area contributed by atoms with Gasteiger partial charge < -0.3 is 5.73 Å². The molecule has 1 rings (SSSR count). The van der Waals surface area contributed by atoms with Crippen molar-refractivity contribution in [2.75, 3.05) is 12.8 Å². The third-order valence-electron chi connectivity index (χ3n) is 2.08. The normalized spacial score (nSPS) is 17.6. The van der Waals surface area contributed by atoms with Gasteiger partial charge in [-0.05, 0) is 6.42 Å². The van der Waals surface area contributed by atoms with Gasteiger partial charge in [0.1, 0.15) is 0 Å². The average Bonchev–Trinajstić information content (AvgIpc) is 2.45. The minimum Gasteiger partial charge on any atom is -0.400 e. The van der Waals surface area contributed by atoms with E-state index < -0.39 is 0 Å². The summed E-state index contributed by atoms with van der Waals surface area (Å²) in [7, 11) is 0. The predicted octanol–water partition coefficient (Wildman–Crippen LogP) is 1.68. The molecule has 0 aromatic carbocycles. The fourth-order valence-corrected chi connectivity index (χ4v) is 1.81. The van der Waals surface area contributed by atoms with Crippen LogP contribution in [0.4, 0.5) is 0 Å². The Morgan fingerprint density at radius 1 is 1.64 bits per heavy atom. The Labute approximate surface area is 89.2 Å². The summed E-state index contributed by atoms with van der Waals surface area (Å²) < 4.78 is 1.67. The van der Waals surface area contributed by atoms with Gasteiger partial charge in [-0.15, -0.1) is 0 Å². The second-order valence-corrected chi connectivity index (χ2v) is 3.96. The summed E-state index contributed by atoms with van der Waals surface area (Å²) >= 11 is 1.42. The van der Waals surface area contributed by atoms with E-state index in [0.717, 1.165) is 12.8 Å². The summed E-state index contributed by atoms with van der Waals surface area (Å²) in [5, 5.41) is 0. The zero-order valence-electron chi connectivity index (χ0n) is 8.62. The largest absolute Gasteiger partial charge is 0.400 e. The Hall–Kier alpha value is -0.900. The zero-order chi connectivity index (χ0) is 10.6. The van der Waals surface area contributed by atoms with Gasteiger partial charge in [0.05, 0.1) is 12.1 Å². The summed E-state index contributed by atoms with van der Waals surface area (Å²) in [6, 6.07) is 0. The molecule has 0 radical (unpaired) electrons. The van der Waals surface area contributed by atoms with E-state index in [0.29, 0.717) is 17.8 Å². The third-order valence-corrected chi connectivity index (χ3v) is 2.81. The lowest BCUT2D eigenvalue weighted by atomic mass is 10.2. The van der Waals surface area contributed by atoms with Gasteiger partial charge in [0.2, 0.25) is 0 Å².